The van der Waals surface area contributed by atoms with Crippen LogP contribution in [0.1, 0.15) is 24.0 Å². The summed E-state index contributed by atoms with van der Waals surface area (Å²) in [5.74, 6) is -0.299. The van der Waals surface area contributed by atoms with Gasteiger partial charge in [0.05, 0.1) is 0 Å². The monoisotopic (exact) mass is 195 g/mol. The highest BCUT2D eigenvalue weighted by Gasteiger charge is 2.39. The van der Waals surface area contributed by atoms with E-state index in [0.717, 1.165) is 12.8 Å². The van der Waals surface area contributed by atoms with Crippen LogP contribution in [0.3, 0.4) is 0 Å². The molecular formula is C11H14FNO. The lowest BCUT2D eigenvalue weighted by atomic mass is 10.0. The quantitative estimate of drug-likeness (QED) is 0.756. The average molecular weight is 195 g/mol. The fourth-order valence-electron chi connectivity index (χ4n) is 1.59. The van der Waals surface area contributed by atoms with E-state index in [0.29, 0.717) is 17.5 Å². The summed E-state index contributed by atoms with van der Waals surface area (Å²) in [5.41, 5.74) is 6.54. The van der Waals surface area contributed by atoms with Gasteiger partial charge in [0.25, 0.3) is 0 Å². The Hall–Kier alpha value is -1.09. The van der Waals surface area contributed by atoms with E-state index < -0.39 is 0 Å². The van der Waals surface area contributed by atoms with Gasteiger partial charge in [-0.15, -0.1) is 0 Å². The third-order valence-corrected chi connectivity index (χ3v) is 2.83. The van der Waals surface area contributed by atoms with Gasteiger partial charge in [-0.3, -0.25) is 0 Å². The molecule has 1 aromatic rings. The van der Waals surface area contributed by atoms with E-state index >= 15 is 0 Å². The number of hydrogen-bond acceptors (Lipinski definition) is 2. The minimum atomic E-state index is -0.318. The Bertz CT molecular complexity index is 372. The molecule has 1 saturated carbocycles. The first kappa shape index (κ1) is 9.46. The maximum atomic E-state index is 13.6. The Balaban J connectivity index is 2.35. The first-order valence-electron chi connectivity index (χ1n) is 4.78. The van der Waals surface area contributed by atoms with Gasteiger partial charge < -0.3 is 10.8 Å². The number of aromatic hydroxyl groups is 1. The predicted molar refractivity (Wildman–Crippen MR) is 52.7 cm³/mol. The molecule has 3 N–H and O–H groups in total. The lowest BCUT2D eigenvalue weighted by molar-refractivity contribution is 0.451. The van der Waals surface area contributed by atoms with Crippen LogP contribution in [-0.4, -0.2) is 10.6 Å². The molecular weight excluding hydrogens is 181 g/mol. The molecule has 76 valence electrons. The van der Waals surface area contributed by atoms with Crippen molar-refractivity contribution < 1.29 is 9.50 Å². The zero-order chi connectivity index (χ0) is 10.3. The fourth-order valence-corrected chi connectivity index (χ4v) is 1.59. The molecule has 14 heavy (non-hydrogen) atoms. The Morgan fingerprint density at radius 3 is 2.71 bits per heavy atom. The molecule has 0 saturated heterocycles. The van der Waals surface area contributed by atoms with Crippen LogP contribution in [0.2, 0.25) is 0 Å². The minimum absolute atomic E-state index is 0.0184. The number of phenols is 1. The highest BCUT2D eigenvalue weighted by atomic mass is 19.1. The highest BCUT2D eigenvalue weighted by Crippen LogP contribution is 2.38. The molecule has 0 heterocycles. The fraction of sp³-hybridized carbons (Fsp3) is 0.455. The van der Waals surface area contributed by atoms with E-state index in [-0.39, 0.29) is 17.1 Å². The SMILES string of the molecule is Cc1ccc(O)c(CC2(N)CC2)c1F. The van der Waals surface area contributed by atoms with Crippen LogP contribution in [0.5, 0.6) is 5.75 Å². The van der Waals surface area contributed by atoms with Crippen molar-refractivity contribution in [3.05, 3.63) is 29.1 Å². The topological polar surface area (TPSA) is 46.2 Å². The molecule has 0 bridgehead atoms. The van der Waals surface area contributed by atoms with Crippen LogP contribution in [0.25, 0.3) is 0 Å². The summed E-state index contributed by atoms with van der Waals surface area (Å²) >= 11 is 0. The summed E-state index contributed by atoms with van der Waals surface area (Å²) in [6.45, 7) is 1.69. The molecule has 0 aliphatic heterocycles. The highest BCUT2D eigenvalue weighted by molar-refractivity contribution is 5.39. The van der Waals surface area contributed by atoms with Gasteiger partial charge in [-0.25, -0.2) is 4.39 Å². The van der Waals surface area contributed by atoms with Crippen molar-refractivity contribution in [2.45, 2.75) is 31.7 Å². The molecule has 2 rings (SSSR count). The number of benzene rings is 1. The third kappa shape index (κ3) is 1.60. The van der Waals surface area contributed by atoms with E-state index in [9.17, 15) is 9.50 Å². The number of rotatable bonds is 2. The van der Waals surface area contributed by atoms with E-state index in [2.05, 4.69) is 0 Å². The predicted octanol–water partition coefficient (Wildman–Crippen LogP) is 1.87. The molecule has 0 spiro atoms. The largest absolute Gasteiger partial charge is 0.508 e. The van der Waals surface area contributed by atoms with Crippen molar-refractivity contribution in [3.8, 4) is 5.75 Å². The molecule has 1 fully saturated rings. The van der Waals surface area contributed by atoms with Crippen LogP contribution in [0.4, 0.5) is 4.39 Å². The Labute approximate surface area is 82.5 Å². The van der Waals surface area contributed by atoms with Gasteiger partial charge in [0.15, 0.2) is 0 Å². The van der Waals surface area contributed by atoms with Crippen LogP contribution < -0.4 is 5.73 Å². The summed E-state index contributed by atoms with van der Waals surface area (Å²) in [5, 5.41) is 9.51. The normalized spacial score (nSPS) is 18.2. The molecule has 1 aromatic carbocycles. The summed E-state index contributed by atoms with van der Waals surface area (Å²) in [4.78, 5) is 0. The van der Waals surface area contributed by atoms with Gasteiger partial charge in [-0.1, -0.05) is 6.07 Å². The third-order valence-electron chi connectivity index (χ3n) is 2.83. The second-order valence-corrected chi connectivity index (χ2v) is 4.23. The van der Waals surface area contributed by atoms with Crippen molar-refractivity contribution in [3.63, 3.8) is 0 Å². The lowest BCUT2D eigenvalue weighted by Gasteiger charge is -2.12. The van der Waals surface area contributed by atoms with E-state index in [1.165, 1.54) is 6.07 Å². The van der Waals surface area contributed by atoms with Gasteiger partial charge >= 0.3 is 0 Å². The summed E-state index contributed by atoms with van der Waals surface area (Å²) < 4.78 is 13.6. The zero-order valence-electron chi connectivity index (χ0n) is 8.18. The van der Waals surface area contributed by atoms with Crippen molar-refractivity contribution in [1.29, 1.82) is 0 Å². The molecule has 2 nitrogen and oxygen atoms in total. The van der Waals surface area contributed by atoms with Gasteiger partial charge in [0.2, 0.25) is 0 Å². The van der Waals surface area contributed by atoms with E-state index in [1.807, 2.05) is 0 Å². The van der Waals surface area contributed by atoms with Crippen molar-refractivity contribution in [2.75, 3.05) is 0 Å². The molecule has 0 unspecified atom stereocenters. The van der Waals surface area contributed by atoms with Crippen molar-refractivity contribution in [1.82, 2.24) is 0 Å². The lowest BCUT2D eigenvalue weighted by Crippen LogP contribution is -2.25. The van der Waals surface area contributed by atoms with Gasteiger partial charge in [0, 0.05) is 11.1 Å². The Morgan fingerprint density at radius 2 is 2.14 bits per heavy atom. The average Bonchev–Trinajstić information content (AvgIpc) is 2.86. The first-order valence-corrected chi connectivity index (χ1v) is 4.78. The summed E-state index contributed by atoms with van der Waals surface area (Å²) in [7, 11) is 0. The number of aryl methyl sites for hydroxylation is 1. The summed E-state index contributed by atoms with van der Waals surface area (Å²) in [6, 6.07) is 3.10. The maximum absolute atomic E-state index is 13.6. The molecule has 1 aliphatic rings. The number of phenolic OH excluding ortho intramolecular Hbond substituents is 1. The van der Waals surface area contributed by atoms with E-state index in [1.54, 1.807) is 13.0 Å². The summed E-state index contributed by atoms with van der Waals surface area (Å²) in [6.07, 6.45) is 2.27. The van der Waals surface area contributed by atoms with Gasteiger partial charge in [-0.05, 0) is 37.8 Å². The second-order valence-electron chi connectivity index (χ2n) is 4.23. The number of halogens is 1. The number of hydrogen-bond donors (Lipinski definition) is 2. The molecule has 0 radical (unpaired) electrons. The standard InChI is InChI=1S/C11H14FNO/c1-7-2-3-9(14)8(10(7)12)6-11(13)4-5-11/h2-3,14H,4-6,13H2,1H3. The Morgan fingerprint density at radius 1 is 1.50 bits per heavy atom. The van der Waals surface area contributed by atoms with E-state index in [4.69, 9.17) is 5.73 Å². The second kappa shape index (κ2) is 2.95. The molecule has 3 heteroatoms. The molecule has 0 amide bonds. The smallest absolute Gasteiger partial charge is 0.133 e. The van der Waals surface area contributed by atoms with Crippen molar-refractivity contribution in [2.24, 2.45) is 5.73 Å². The molecule has 1 aliphatic carbocycles. The van der Waals surface area contributed by atoms with Crippen LogP contribution >= 0.6 is 0 Å². The number of nitrogens with two attached hydrogens (primary N) is 1. The van der Waals surface area contributed by atoms with Crippen LogP contribution in [0.15, 0.2) is 12.1 Å². The van der Waals surface area contributed by atoms with Crippen molar-refractivity contribution >= 4 is 0 Å². The zero-order valence-corrected chi connectivity index (χ0v) is 8.18. The first-order chi connectivity index (χ1) is 6.52. The van der Waals surface area contributed by atoms with Gasteiger partial charge in [-0.2, -0.15) is 0 Å². The molecule has 0 aromatic heterocycles. The van der Waals surface area contributed by atoms with Crippen LogP contribution in [0, 0.1) is 12.7 Å². The minimum Gasteiger partial charge on any atom is -0.508 e. The molecule has 0 atom stereocenters. The Kier molecular flexibility index (Phi) is 2.00. The maximum Gasteiger partial charge on any atom is 0.133 e. The van der Waals surface area contributed by atoms with Crippen LogP contribution in [-0.2, 0) is 6.42 Å². The van der Waals surface area contributed by atoms with Gasteiger partial charge in [0.1, 0.15) is 11.6 Å².